The second kappa shape index (κ2) is 63.5. The highest BCUT2D eigenvalue weighted by atomic mass is 31.2. The van der Waals surface area contributed by atoms with Crippen molar-refractivity contribution >= 4 is 39.5 Å². The van der Waals surface area contributed by atoms with Crippen molar-refractivity contribution in [3.8, 4) is 0 Å². The first-order valence-corrected chi connectivity index (χ1v) is 39.6. The molecule has 0 spiro atoms. The Morgan fingerprint density at radius 1 is 0.303 bits per heavy atom. The Morgan fingerprint density at radius 3 is 0.764 bits per heavy atom. The molecule has 0 aliphatic rings. The Hall–Kier alpha value is -1.94. The second-order valence-corrected chi connectivity index (χ2v) is 28.7. The minimum Gasteiger partial charge on any atom is -0.462 e. The number of ether oxygens (including phenoxy) is 4. The van der Waals surface area contributed by atoms with E-state index in [1.54, 1.807) is 0 Å². The van der Waals surface area contributed by atoms with Gasteiger partial charge in [-0.3, -0.25) is 37.3 Å². The van der Waals surface area contributed by atoms with Crippen LogP contribution in [0.1, 0.15) is 362 Å². The molecule has 0 saturated carbocycles. The molecule has 0 aromatic rings. The third-order valence-electron chi connectivity index (χ3n) is 16.3. The van der Waals surface area contributed by atoms with Crippen LogP contribution in [0, 0.1) is 5.92 Å². The molecule has 0 heterocycles. The van der Waals surface area contributed by atoms with Gasteiger partial charge in [0.2, 0.25) is 0 Å². The lowest BCUT2D eigenvalue weighted by Gasteiger charge is -2.21. The van der Waals surface area contributed by atoms with Gasteiger partial charge in [0, 0.05) is 25.7 Å². The van der Waals surface area contributed by atoms with Gasteiger partial charge in [0.05, 0.1) is 26.4 Å². The molecule has 0 fully saturated rings. The van der Waals surface area contributed by atoms with E-state index in [1.165, 1.54) is 180 Å². The molecule has 0 bridgehead atoms. The molecular weight excluding hydrogens is 1170 g/mol. The average molecular weight is 1310 g/mol. The Balaban J connectivity index is 5.22. The van der Waals surface area contributed by atoms with Crippen LogP contribution in [0.4, 0.5) is 0 Å². The van der Waals surface area contributed by atoms with Gasteiger partial charge in [0.1, 0.15) is 19.3 Å². The molecular formula is C70H136O17P2. The summed E-state index contributed by atoms with van der Waals surface area (Å²) in [5.41, 5.74) is 0. The molecule has 89 heavy (non-hydrogen) atoms. The molecule has 0 saturated heterocycles. The van der Waals surface area contributed by atoms with Crippen molar-refractivity contribution in [2.24, 2.45) is 5.92 Å². The van der Waals surface area contributed by atoms with Crippen molar-refractivity contribution in [1.82, 2.24) is 0 Å². The van der Waals surface area contributed by atoms with Gasteiger partial charge in [-0.1, -0.05) is 311 Å². The molecule has 0 aromatic heterocycles. The van der Waals surface area contributed by atoms with Crippen molar-refractivity contribution in [3.05, 3.63) is 0 Å². The predicted molar refractivity (Wildman–Crippen MR) is 358 cm³/mol. The van der Waals surface area contributed by atoms with Gasteiger partial charge in [0.25, 0.3) is 0 Å². The topological polar surface area (TPSA) is 237 Å². The lowest BCUT2D eigenvalue weighted by atomic mass is 10.0. The Bertz CT molecular complexity index is 1720. The van der Waals surface area contributed by atoms with E-state index in [1.807, 2.05) is 0 Å². The van der Waals surface area contributed by atoms with Gasteiger partial charge < -0.3 is 33.8 Å². The zero-order valence-electron chi connectivity index (χ0n) is 57.6. The Morgan fingerprint density at radius 2 is 0.517 bits per heavy atom. The molecule has 2 unspecified atom stereocenters. The Kier molecular flexibility index (Phi) is 62.1. The van der Waals surface area contributed by atoms with Crippen LogP contribution in [-0.2, 0) is 65.4 Å². The molecule has 19 heteroatoms. The number of phosphoric acid groups is 2. The molecule has 0 aliphatic carbocycles. The van der Waals surface area contributed by atoms with Crippen molar-refractivity contribution in [2.75, 3.05) is 39.6 Å². The molecule has 0 aromatic carbocycles. The fourth-order valence-corrected chi connectivity index (χ4v) is 12.2. The molecule has 0 radical (unpaired) electrons. The number of unbranched alkanes of at least 4 members (excludes halogenated alkanes) is 42. The number of rotatable bonds is 70. The molecule has 5 atom stereocenters. The number of phosphoric ester groups is 2. The number of aliphatic hydroxyl groups excluding tert-OH is 1. The number of aliphatic hydroxyl groups is 1. The molecule has 0 rings (SSSR count). The van der Waals surface area contributed by atoms with E-state index in [-0.39, 0.29) is 25.7 Å². The maximum absolute atomic E-state index is 13.0. The summed E-state index contributed by atoms with van der Waals surface area (Å²) in [5, 5.41) is 10.6. The third kappa shape index (κ3) is 64.6. The Labute approximate surface area is 543 Å². The smallest absolute Gasteiger partial charge is 0.462 e. The highest BCUT2D eigenvalue weighted by Crippen LogP contribution is 2.45. The molecule has 0 amide bonds. The quantitative estimate of drug-likeness (QED) is 0.0222. The average Bonchev–Trinajstić information content (AvgIpc) is 3.60. The summed E-state index contributed by atoms with van der Waals surface area (Å²) >= 11 is 0. The lowest BCUT2D eigenvalue weighted by molar-refractivity contribution is -0.161. The van der Waals surface area contributed by atoms with Gasteiger partial charge in [-0.15, -0.1) is 0 Å². The number of esters is 4. The largest absolute Gasteiger partial charge is 0.472 e. The molecule has 3 N–H and O–H groups in total. The van der Waals surface area contributed by atoms with Crippen molar-refractivity contribution in [1.29, 1.82) is 0 Å². The highest BCUT2D eigenvalue weighted by molar-refractivity contribution is 7.47. The zero-order chi connectivity index (χ0) is 65.6. The standard InChI is InChI=1S/C70H136O17P2/c1-6-9-12-15-18-21-24-26-28-29-31-33-36-39-46-51-56-70(75)86-65(59-80-67(72)53-48-43-37-35-32-30-27-25-22-19-16-13-10-7-2)61-84-88(76,77)82-57-64(71)58-83-89(78,79)85-62-66(60-81-68(73)54-49-44-41-40-42-47-52-63(4)5)87-69(74)55-50-45-38-34-23-20-17-14-11-8-3/h63-66,71H,6-62H2,1-5H3,(H,76,77)(H,78,79)/t64-,65-,66-/m1/s1. The summed E-state index contributed by atoms with van der Waals surface area (Å²) in [6, 6.07) is 0. The van der Waals surface area contributed by atoms with Gasteiger partial charge >= 0.3 is 39.5 Å². The van der Waals surface area contributed by atoms with E-state index in [0.29, 0.717) is 31.6 Å². The molecule has 17 nitrogen and oxygen atoms in total. The summed E-state index contributed by atoms with van der Waals surface area (Å²) in [5.74, 6) is -1.44. The van der Waals surface area contributed by atoms with Crippen LogP contribution in [0.25, 0.3) is 0 Å². The normalized spacial score (nSPS) is 14.1. The number of carbonyl (C=O) groups is 4. The second-order valence-electron chi connectivity index (χ2n) is 25.7. The van der Waals surface area contributed by atoms with Gasteiger partial charge in [0.15, 0.2) is 12.2 Å². The minimum absolute atomic E-state index is 0.106. The summed E-state index contributed by atoms with van der Waals surface area (Å²) in [6.07, 6.45) is 50.0. The van der Waals surface area contributed by atoms with Crippen LogP contribution in [0.3, 0.4) is 0 Å². The van der Waals surface area contributed by atoms with E-state index in [4.69, 9.17) is 37.0 Å². The fraction of sp³-hybridized carbons (Fsp3) is 0.943. The van der Waals surface area contributed by atoms with E-state index in [2.05, 4.69) is 34.6 Å². The minimum atomic E-state index is -4.95. The third-order valence-corrected chi connectivity index (χ3v) is 18.2. The molecule has 0 aliphatic heterocycles. The maximum atomic E-state index is 13.0. The predicted octanol–water partition coefficient (Wildman–Crippen LogP) is 20.1. The fourth-order valence-electron chi connectivity index (χ4n) is 10.6. The first-order chi connectivity index (χ1) is 43.0. The van der Waals surface area contributed by atoms with Crippen LogP contribution in [0.15, 0.2) is 0 Å². The van der Waals surface area contributed by atoms with Crippen LogP contribution in [0.5, 0.6) is 0 Å². The monoisotopic (exact) mass is 1310 g/mol. The van der Waals surface area contributed by atoms with Crippen LogP contribution in [-0.4, -0.2) is 96.7 Å². The first-order valence-electron chi connectivity index (χ1n) is 36.6. The van der Waals surface area contributed by atoms with Crippen LogP contribution >= 0.6 is 15.6 Å². The van der Waals surface area contributed by atoms with Crippen LogP contribution in [0.2, 0.25) is 0 Å². The van der Waals surface area contributed by atoms with Crippen molar-refractivity contribution in [2.45, 2.75) is 380 Å². The maximum Gasteiger partial charge on any atom is 0.472 e. The first kappa shape index (κ1) is 87.1. The summed E-state index contributed by atoms with van der Waals surface area (Å²) in [4.78, 5) is 72.5. The molecule has 528 valence electrons. The summed E-state index contributed by atoms with van der Waals surface area (Å²) < 4.78 is 68.2. The SMILES string of the molecule is CCCCCCCCCCCCCCCCCCC(=O)O[C@H](COC(=O)CCCCCCCCCCCCCCCC)COP(=O)(O)OC[C@@H](O)COP(=O)(O)OC[C@@H](COC(=O)CCCCCCCCC(C)C)OC(=O)CCCCCCCCCCCC. The number of carbonyl (C=O) groups excluding carboxylic acids is 4. The number of hydrogen-bond donors (Lipinski definition) is 3. The van der Waals surface area contributed by atoms with Crippen LogP contribution < -0.4 is 0 Å². The summed E-state index contributed by atoms with van der Waals surface area (Å²) in [7, 11) is -9.90. The number of hydrogen-bond acceptors (Lipinski definition) is 15. The van der Waals surface area contributed by atoms with Crippen molar-refractivity contribution < 1.29 is 80.2 Å². The zero-order valence-corrected chi connectivity index (χ0v) is 59.4. The van der Waals surface area contributed by atoms with E-state index < -0.39 is 97.5 Å². The summed E-state index contributed by atoms with van der Waals surface area (Å²) in [6.45, 7) is 7.16. The van der Waals surface area contributed by atoms with E-state index in [0.717, 1.165) is 96.3 Å². The lowest BCUT2D eigenvalue weighted by Crippen LogP contribution is -2.30. The van der Waals surface area contributed by atoms with Gasteiger partial charge in [-0.25, -0.2) is 9.13 Å². The van der Waals surface area contributed by atoms with E-state index >= 15 is 0 Å². The highest BCUT2D eigenvalue weighted by Gasteiger charge is 2.30. The van der Waals surface area contributed by atoms with E-state index in [9.17, 15) is 43.2 Å². The van der Waals surface area contributed by atoms with Gasteiger partial charge in [-0.2, -0.15) is 0 Å². The van der Waals surface area contributed by atoms with Gasteiger partial charge in [-0.05, 0) is 31.6 Å². The van der Waals surface area contributed by atoms with Crippen molar-refractivity contribution in [3.63, 3.8) is 0 Å².